The third-order valence-electron chi connectivity index (χ3n) is 4.09. The van der Waals surface area contributed by atoms with Crippen LogP contribution in [0.1, 0.15) is 40.9 Å². The Hall–Kier alpha value is -2.12. The van der Waals surface area contributed by atoms with Gasteiger partial charge in [-0.2, -0.15) is 10.4 Å². The lowest BCUT2D eigenvalue weighted by Crippen LogP contribution is -2.16. The quantitative estimate of drug-likeness (QED) is 0.916. The lowest BCUT2D eigenvalue weighted by atomic mass is 10.1. The van der Waals surface area contributed by atoms with Crippen molar-refractivity contribution in [2.24, 2.45) is 0 Å². The highest BCUT2D eigenvalue weighted by Crippen LogP contribution is 2.21. The van der Waals surface area contributed by atoms with Crippen LogP contribution in [0.4, 0.5) is 0 Å². The van der Waals surface area contributed by atoms with E-state index in [0.717, 1.165) is 18.8 Å². The summed E-state index contributed by atoms with van der Waals surface area (Å²) in [5.41, 5.74) is 5.51. The molecule has 4 nitrogen and oxygen atoms in total. The van der Waals surface area contributed by atoms with Crippen molar-refractivity contribution in [1.29, 1.82) is 5.26 Å². The highest BCUT2D eigenvalue weighted by atomic mass is 15.3. The second kappa shape index (κ2) is 5.71. The number of aromatic nitrogens is 2. The van der Waals surface area contributed by atoms with Gasteiger partial charge >= 0.3 is 0 Å². The molecule has 1 aromatic heterocycles. The molecule has 0 unspecified atom stereocenters. The van der Waals surface area contributed by atoms with E-state index in [1.165, 1.54) is 29.7 Å². The highest BCUT2D eigenvalue weighted by Gasteiger charge is 2.21. The predicted octanol–water partition coefficient (Wildman–Crippen LogP) is 2.67. The van der Waals surface area contributed by atoms with Gasteiger partial charge in [-0.3, -0.25) is 4.68 Å². The third kappa shape index (κ3) is 3.14. The summed E-state index contributed by atoms with van der Waals surface area (Å²) < 4.78 is 2.06. The van der Waals surface area contributed by atoms with Crippen molar-refractivity contribution in [2.75, 3.05) is 0 Å². The Labute approximate surface area is 125 Å². The fourth-order valence-corrected chi connectivity index (χ4v) is 2.54. The minimum absolute atomic E-state index is 0.696. The van der Waals surface area contributed by atoms with Gasteiger partial charge in [0.2, 0.25) is 0 Å². The van der Waals surface area contributed by atoms with E-state index in [2.05, 4.69) is 35.0 Å². The molecule has 1 aliphatic carbocycles. The van der Waals surface area contributed by atoms with E-state index in [9.17, 15) is 0 Å². The molecule has 4 heteroatoms. The molecule has 108 valence electrons. The van der Waals surface area contributed by atoms with E-state index >= 15 is 0 Å². The summed E-state index contributed by atoms with van der Waals surface area (Å²) in [5.74, 6) is 0. The van der Waals surface area contributed by atoms with Gasteiger partial charge in [-0.15, -0.1) is 0 Å². The lowest BCUT2D eigenvalue weighted by Gasteiger charge is -2.06. The summed E-state index contributed by atoms with van der Waals surface area (Å²) >= 11 is 0. The second-order valence-corrected chi connectivity index (χ2v) is 5.77. The molecule has 0 aliphatic heterocycles. The predicted molar refractivity (Wildman–Crippen MR) is 81.8 cm³/mol. The molecular weight excluding hydrogens is 260 g/mol. The number of benzene rings is 1. The van der Waals surface area contributed by atoms with Gasteiger partial charge in [0.15, 0.2) is 0 Å². The van der Waals surface area contributed by atoms with E-state index in [1.54, 1.807) is 0 Å². The molecule has 1 N–H and O–H groups in total. The first-order valence-corrected chi connectivity index (χ1v) is 7.42. The van der Waals surface area contributed by atoms with Gasteiger partial charge in [0, 0.05) is 23.8 Å². The topological polar surface area (TPSA) is 53.6 Å². The normalized spacial score (nSPS) is 14.1. The van der Waals surface area contributed by atoms with Crippen molar-refractivity contribution in [3.63, 3.8) is 0 Å². The van der Waals surface area contributed by atoms with Crippen LogP contribution in [0.25, 0.3) is 0 Å². The Balaban J connectivity index is 1.75. The molecule has 0 radical (unpaired) electrons. The SMILES string of the molecule is Cc1nn(Cc2ccc(C#N)cc2)c(C)c1CNC1CC1. The molecule has 0 amide bonds. The molecule has 0 saturated heterocycles. The summed E-state index contributed by atoms with van der Waals surface area (Å²) in [4.78, 5) is 0. The van der Waals surface area contributed by atoms with Crippen LogP contribution in [0.15, 0.2) is 24.3 Å². The average molecular weight is 280 g/mol. The number of nitriles is 1. The molecule has 0 atom stereocenters. The van der Waals surface area contributed by atoms with E-state index in [1.807, 2.05) is 24.3 Å². The zero-order valence-corrected chi connectivity index (χ0v) is 12.6. The van der Waals surface area contributed by atoms with Crippen LogP contribution in [0.5, 0.6) is 0 Å². The Morgan fingerprint density at radius 1 is 1.29 bits per heavy atom. The Morgan fingerprint density at radius 3 is 2.62 bits per heavy atom. The molecule has 1 fully saturated rings. The van der Waals surface area contributed by atoms with Crippen LogP contribution in [-0.2, 0) is 13.1 Å². The van der Waals surface area contributed by atoms with Crippen molar-refractivity contribution in [2.45, 2.75) is 45.8 Å². The molecular formula is C17H20N4. The van der Waals surface area contributed by atoms with Gasteiger partial charge in [0.05, 0.1) is 23.9 Å². The van der Waals surface area contributed by atoms with Crippen LogP contribution in [0, 0.1) is 25.2 Å². The van der Waals surface area contributed by atoms with Gasteiger partial charge < -0.3 is 5.32 Å². The molecule has 1 aliphatic rings. The molecule has 1 heterocycles. The van der Waals surface area contributed by atoms with Crippen molar-refractivity contribution in [3.8, 4) is 6.07 Å². The number of hydrogen-bond donors (Lipinski definition) is 1. The van der Waals surface area contributed by atoms with Crippen LogP contribution in [-0.4, -0.2) is 15.8 Å². The molecule has 2 aromatic rings. The van der Waals surface area contributed by atoms with Gasteiger partial charge in [-0.1, -0.05) is 12.1 Å². The van der Waals surface area contributed by atoms with Gasteiger partial charge in [0.25, 0.3) is 0 Å². The van der Waals surface area contributed by atoms with Crippen molar-refractivity contribution >= 4 is 0 Å². The zero-order valence-electron chi connectivity index (χ0n) is 12.6. The second-order valence-electron chi connectivity index (χ2n) is 5.77. The smallest absolute Gasteiger partial charge is 0.0991 e. The Kier molecular flexibility index (Phi) is 3.76. The third-order valence-corrected chi connectivity index (χ3v) is 4.09. The number of aryl methyl sites for hydroxylation is 1. The average Bonchev–Trinajstić information content (AvgIpc) is 3.27. The van der Waals surface area contributed by atoms with Crippen LogP contribution in [0.2, 0.25) is 0 Å². The first-order chi connectivity index (χ1) is 10.2. The zero-order chi connectivity index (χ0) is 14.8. The van der Waals surface area contributed by atoms with Gasteiger partial charge in [-0.05, 0) is 44.4 Å². The monoisotopic (exact) mass is 280 g/mol. The minimum Gasteiger partial charge on any atom is -0.310 e. The molecule has 0 bridgehead atoms. The summed E-state index contributed by atoms with van der Waals surface area (Å²) in [6, 6.07) is 10.6. The number of nitrogens with one attached hydrogen (secondary N) is 1. The molecule has 3 rings (SSSR count). The van der Waals surface area contributed by atoms with E-state index in [4.69, 9.17) is 5.26 Å². The van der Waals surface area contributed by atoms with Crippen molar-refractivity contribution < 1.29 is 0 Å². The molecule has 1 saturated carbocycles. The summed E-state index contributed by atoms with van der Waals surface area (Å²) in [6.45, 7) is 5.87. The fourth-order valence-electron chi connectivity index (χ4n) is 2.54. The number of hydrogen-bond acceptors (Lipinski definition) is 3. The van der Waals surface area contributed by atoms with E-state index < -0.39 is 0 Å². The molecule has 0 spiro atoms. The maximum absolute atomic E-state index is 8.84. The maximum Gasteiger partial charge on any atom is 0.0991 e. The molecule has 21 heavy (non-hydrogen) atoms. The van der Waals surface area contributed by atoms with Crippen LogP contribution >= 0.6 is 0 Å². The maximum atomic E-state index is 8.84. The van der Waals surface area contributed by atoms with Crippen LogP contribution < -0.4 is 5.32 Å². The minimum atomic E-state index is 0.696. The summed E-state index contributed by atoms with van der Waals surface area (Å²) in [6.07, 6.45) is 2.61. The summed E-state index contributed by atoms with van der Waals surface area (Å²) in [7, 11) is 0. The van der Waals surface area contributed by atoms with E-state index in [0.29, 0.717) is 11.6 Å². The standard InChI is InChI=1S/C17H20N4/c1-12-17(10-19-16-7-8-16)13(2)21(20-12)11-15-5-3-14(9-18)4-6-15/h3-6,16,19H,7-8,10-11H2,1-2H3. The van der Waals surface area contributed by atoms with Crippen molar-refractivity contribution in [1.82, 2.24) is 15.1 Å². The number of rotatable bonds is 5. The Morgan fingerprint density at radius 2 is 2.00 bits per heavy atom. The van der Waals surface area contributed by atoms with Crippen LogP contribution in [0.3, 0.4) is 0 Å². The summed E-state index contributed by atoms with van der Waals surface area (Å²) in [5, 5.41) is 17.1. The van der Waals surface area contributed by atoms with Gasteiger partial charge in [0.1, 0.15) is 0 Å². The van der Waals surface area contributed by atoms with Gasteiger partial charge in [-0.25, -0.2) is 0 Å². The first kappa shape index (κ1) is 13.8. The Bertz CT molecular complexity index is 672. The first-order valence-electron chi connectivity index (χ1n) is 7.42. The highest BCUT2D eigenvalue weighted by molar-refractivity contribution is 5.32. The lowest BCUT2D eigenvalue weighted by molar-refractivity contribution is 0.652. The largest absolute Gasteiger partial charge is 0.310 e. The molecule has 1 aromatic carbocycles. The van der Waals surface area contributed by atoms with E-state index in [-0.39, 0.29) is 0 Å². The fraction of sp³-hybridized carbons (Fsp3) is 0.412. The van der Waals surface area contributed by atoms with Crippen molar-refractivity contribution in [3.05, 3.63) is 52.3 Å². The number of nitrogens with zero attached hydrogens (tertiary/aromatic N) is 3.